The smallest absolute Gasteiger partial charge is 0.228 e. The van der Waals surface area contributed by atoms with Crippen molar-refractivity contribution in [3.05, 3.63) is 47.2 Å². The Morgan fingerprint density at radius 3 is 2.14 bits per heavy atom. The molecule has 15 nitrogen and oxygen atoms in total. The summed E-state index contributed by atoms with van der Waals surface area (Å²) in [5.41, 5.74) is 0.386. The summed E-state index contributed by atoms with van der Waals surface area (Å²) >= 11 is 0. The number of allylic oxidation sites excluding steroid dienone is 1. The molecule has 3 heterocycles. The zero-order chi connectivity index (χ0) is 30.5. The zero-order valence-corrected chi connectivity index (χ0v) is 22.1. The van der Waals surface area contributed by atoms with Gasteiger partial charge >= 0.3 is 0 Å². The van der Waals surface area contributed by atoms with E-state index >= 15 is 0 Å². The molecule has 15 heteroatoms. The third-order valence-corrected chi connectivity index (χ3v) is 7.37. The van der Waals surface area contributed by atoms with Gasteiger partial charge in [0.1, 0.15) is 65.7 Å². The van der Waals surface area contributed by atoms with Gasteiger partial charge in [0.15, 0.2) is 23.5 Å². The van der Waals surface area contributed by atoms with Crippen molar-refractivity contribution in [1.82, 2.24) is 0 Å². The van der Waals surface area contributed by atoms with Crippen LogP contribution in [0.4, 0.5) is 0 Å². The maximum absolute atomic E-state index is 10.7. The summed E-state index contributed by atoms with van der Waals surface area (Å²) in [6.45, 7) is 0.938. The normalized spacial score (nSPS) is 34.9. The Balaban J connectivity index is 1.40. The first-order chi connectivity index (χ1) is 19.8. The minimum absolute atomic E-state index is 0.0488. The van der Waals surface area contributed by atoms with Gasteiger partial charge in [-0.15, -0.1) is 0 Å². The van der Waals surface area contributed by atoms with Gasteiger partial charge in [-0.1, -0.05) is 0 Å². The molecule has 10 N–H and O–H groups in total. The lowest BCUT2D eigenvalue weighted by molar-refractivity contribution is -0.324. The van der Waals surface area contributed by atoms with Crippen LogP contribution in [0.25, 0.3) is 5.76 Å². The number of aliphatic hydroxyl groups excluding tert-OH is 6. The molecule has 0 aliphatic carbocycles. The van der Waals surface area contributed by atoms with Gasteiger partial charge in [-0.2, -0.15) is 0 Å². The number of aliphatic hydroxyl groups is 6. The number of fused-ring (bicyclic) bond motifs is 1. The van der Waals surface area contributed by atoms with E-state index in [1.165, 1.54) is 25.1 Å². The van der Waals surface area contributed by atoms with E-state index in [1.807, 2.05) is 0 Å². The first-order valence-corrected chi connectivity index (χ1v) is 13.0. The molecule has 3 aliphatic heterocycles. The lowest BCUT2D eigenvalue weighted by atomic mass is 9.98. The number of ether oxygens (including phenoxy) is 5. The highest BCUT2D eigenvalue weighted by molar-refractivity contribution is 5.71. The molecule has 2 aromatic rings. The zero-order valence-electron chi connectivity index (χ0n) is 22.1. The molecule has 0 radical (unpaired) electrons. The fourth-order valence-corrected chi connectivity index (χ4v) is 4.91. The van der Waals surface area contributed by atoms with E-state index in [0.29, 0.717) is 0 Å². The van der Waals surface area contributed by atoms with E-state index in [0.717, 1.165) is 12.1 Å². The molecule has 0 amide bonds. The summed E-state index contributed by atoms with van der Waals surface area (Å²) in [6, 6.07) is 6.05. The predicted molar refractivity (Wildman–Crippen MR) is 137 cm³/mol. The van der Waals surface area contributed by atoms with Crippen LogP contribution in [0.3, 0.4) is 0 Å². The van der Waals surface area contributed by atoms with Crippen molar-refractivity contribution in [2.24, 2.45) is 0 Å². The summed E-state index contributed by atoms with van der Waals surface area (Å²) < 4.78 is 28.4. The summed E-state index contributed by atoms with van der Waals surface area (Å²) in [4.78, 5) is 0. The summed E-state index contributed by atoms with van der Waals surface area (Å²) in [5.74, 6) is -1.58. The van der Waals surface area contributed by atoms with E-state index in [2.05, 4.69) is 0 Å². The van der Waals surface area contributed by atoms with Crippen molar-refractivity contribution in [1.29, 1.82) is 0 Å². The van der Waals surface area contributed by atoms with Crippen LogP contribution in [-0.4, -0.2) is 119 Å². The van der Waals surface area contributed by atoms with Gasteiger partial charge in [0.25, 0.3) is 0 Å². The SMILES string of the molecule is C[C@@H]1O[C@@H](OC[C@H]2O[C@@H](OC3=C(c4ccc(O)c(O)c4)Oc4cc(O)cc(O)c4C3)[C@H](O)[C@@H](O)[C@@H]2O)[C@H](O)[C@H](O)[C@H]1O. The molecule has 0 spiro atoms. The molecular formula is C27H32O15. The van der Waals surface area contributed by atoms with Crippen LogP contribution in [0.2, 0.25) is 0 Å². The van der Waals surface area contributed by atoms with Crippen molar-refractivity contribution in [3.63, 3.8) is 0 Å². The second-order valence-electron chi connectivity index (χ2n) is 10.3. The second kappa shape index (κ2) is 11.7. The third kappa shape index (κ3) is 5.66. The maximum Gasteiger partial charge on any atom is 0.228 e. The molecule has 230 valence electrons. The van der Waals surface area contributed by atoms with Gasteiger partial charge in [-0.25, -0.2) is 0 Å². The Morgan fingerprint density at radius 2 is 1.43 bits per heavy atom. The van der Waals surface area contributed by atoms with E-state index in [-0.39, 0.29) is 46.3 Å². The van der Waals surface area contributed by atoms with Crippen LogP contribution >= 0.6 is 0 Å². The van der Waals surface area contributed by atoms with Crippen molar-refractivity contribution in [3.8, 4) is 28.7 Å². The number of aromatic hydroxyl groups is 4. The van der Waals surface area contributed by atoms with E-state index in [9.17, 15) is 51.1 Å². The van der Waals surface area contributed by atoms with Crippen LogP contribution in [0.1, 0.15) is 18.1 Å². The Hall–Kier alpha value is -3.38. The molecule has 3 aliphatic rings. The van der Waals surface area contributed by atoms with Crippen LogP contribution < -0.4 is 4.74 Å². The molecular weight excluding hydrogens is 564 g/mol. The Kier molecular flexibility index (Phi) is 8.39. The van der Waals surface area contributed by atoms with Gasteiger partial charge in [-0.05, 0) is 25.1 Å². The molecule has 2 fully saturated rings. The first kappa shape index (κ1) is 30.1. The molecule has 0 aromatic heterocycles. The minimum atomic E-state index is -1.80. The van der Waals surface area contributed by atoms with Gasteiger partial charge in [0, 0.05) is 29.7 Å². The van der Waals surface area contributed by atoms with E-state index < -0.39 is 79.5 Å². The quantitative estimate of drug-likeness (QED) is 0.170. The lowest BCUT2D eigenvalue weighted by Gasteiger charge is -2.42. The number of hydrogen-bond donors (Lipinski definition) is 10. The molecule has 0 bridgehead atoms. The number of phenols is 4. The first-order valence-electron chi connectivity index (χ1n) is 13.0. The molecule has 10 atom stereocenters. The number of hydrogen-bond acceptors (Lipinski definition) is 15. The number of phenolic OH excluding ortho intramolecular Hbond substituents is 4. The highest BCUT2D eigenvalue weighted by atomic mass is 16.7. The van der Waals surface area contributed by atoms with Gasteiger partial charge in [0.05, 0.1) is 12.7 Å². The molecule has 0 unspecified atom stereocenters. The van der Waals surface area contributed by atoms with Crippen molar-refractivity contribution >= 4 is 5.76 Å². The summed E-state index contributed by atoms with van der Waals surface area (Å²) in [6.07, 6.45) is -15.4. The lowest BCUT2D eigenvalue weighted by Crippen LogP contribution is -2.61. The Morgan fingerprint density at radius 1 is 0.738 bits per heavy atom. The van der Waals surface area contributed by atoms with E-state index in [4.69, 9.17) is 23.7 Å². The van der Waals surface area contributed by atoms with Crippen molar-refractivity contribution in [2.75, 3.05) is 6.61 Å². The predicted octanol–water partition coefficient (Wildman–Crippen LogP) is -1.52. The highest BCUT2D eigenvalue weighted by Gasteiger charge is 2.48. The van der Waals surface area contributed by atoms with Crippen LogP contribution in [-0.2, 0) is 25.4 Å². The topological polar surface area (TPSA) is 248 Å². The average molecular weight is 597 g/mol. The van der Waals surface area contributed by atoms with Gasteiger partial charge in [-0.3, -0.25) is 0 Å². The molecule has 2 saturated heterocycles. The largest absolute Gasteiger partial charge is 0.508 e. The maximum atomic E-state index is 10.7. The standard InChI is InChI=1S/C27H32O15/c1-9-19(32)21(34)23(36)26(39-9)38-8-18-20(33)22(35)24(37)27(42-18)41-17-7-12-14(30)5-11(28)6-16(12)40-25(17)10-2-3-13(29)15(31)4-10/h2-6,9,18-24,26-37H,7-8H2,1H3/t9-,18+,19-,20+,21+,22-,23+,24+,26+,27+/m0/s1. The fourth-order valence-electron chi connectivity index (χ4n) is 4.91. The van der Waals surface area contributed by atoms with Crippen LogP contribution in [0, 0.1) is 0 Å². The fraction of sp³-hybridized carbons (Fsp3) is 0.481. The Labute approximate surface area is 238 Å². The molecule has 2 aromatic carbocycles. The van der Waals surface area contributed by atoms with Crippen molar-refractivity contribution < 1.29 is 74.7 Å². The molecule has 5 rings (SSSR count). The van der Waals surface area contributed by atoms with Crippen LogP contribution in [0.15, 0.2) is 36.1 Å². The molecule has 0 saturated carbocycles. The summed E-state index contributed by atoms with van der Waals surface area (Å²) in [7, 11) is 0. The molecule has 42 heavy (non-hydrogen) atoms. The second-order valence-corrected chi connectivity index (χ2v) is 10.3. The van der Waals surface area contributed by atoms with E-state index in [1.54, 1.807) is 0 Å². The number of rotatable bonds is 6. The highest BCUT2D eigenvalue weighted by Crippen LogP contribution is 2.43. The van der Waals surface area contributed by atoms with Crippen molar-refractivity contribution in [2.45, 2.75) is 74.8 Å². The third-order valence-electron chi connectivity index (χ3n) is 7.37. The monoisotopic (exact) mass is 596 g/mol. The van der Waals surface area contributed by atoms with Gasteiger partial charge in [0.2, 0.25) is 6.29 Å². The van der Waals surface area contributed by atoms with Gasteiger partial charge < -0.3 is 74.7 Å². The minimum Gasteiger partial charge on any atom is -0.508 e. The number of benzene rings is 2. The van der Waals surface area contributed by atoms with Crippen LogP contribution in [0.5, 0.6) is 28.7 Å². The Bertz CT molecular complexity index is 1330. The summed E-state index contributed by atoms with van der Waals surface area (Å²) in [5, 5.41) is 102. The average Bonchev–Trinajstić information content (AvgIpc) is 2.95.